The zero-order valence-electron chi connectivity index (χ0n) is 15.0. The molecule has 2 unspecified atom stereocenters. The molecule has 0 saturated heterocycles. The minimum absolute atomic E-state index is 0.0568. The van der Waals surface area contributed by atoms with E-state index in [1.165, 1.54) is 0 Å². The molecule has 1 aromatic heterocycles. The van der Waals surface area contributed by atoms with Crippen LogP contribution in [0.1, 0.15) is 39.2 Å². The van der Waals surface area contributed by atoms with Crippen molar-refractivity contribution in [2.45, 2.75) is 12.0 Å². The molecule has 132 valence electrons. The molecule has 0 amide bonds. The number of aromatic nitrogens is 1. The lowest BCUT2D eigenvalue weighted by molar-refractivity contribution is 0.0200. The first-order chi connectivity index (χ1) is 13.3. The van der Waals surface area contributed by atoms with Gasteiger partial charge in [0, 0.05) is 23.6 Å². The fourth-order valence-electron chi connectivity index (χ4n) is 4.27. The van der Waals surface area contributed by atoms with Crippen LogP contribution in [0.3, 0.4) is 0 Å². The Balaban J connectivity index is 1.82. The molecule has 27 heavy (non-hydrogen) atoms. The van der Waals surface area contributed by atoms with E-state index in [9.17, 15) is 4.79 Å². The Bertz CT molecular complexity index is 1130. The average molecular weight is 353 g/mol. The summed E-state index contributed by atoms with van der Waals surface area (Å²) in [5.74, 6) is -0.304. The number of esters is 1. The van der Waals surface area contributed by atoms with Crippen LogP contribution in [0.15, 0.2) is 84.9 Å². The fraction of sp³-hybridized carbons (Fsp3) is 0.125. The van der Waals surface area contributed by atoms with Gasteiger partial charge in [0.15, 0.2) is 0 Å². The van der Waals surface area contributed by atoms with Gasteiger partial charge in [0.1, 0.15) is 6.10 Å². The van der Waals surface area contributed by atoms with Crippen molar-refractivity contribution in [2.75, 3.05) is 0 Å². The van der Waals surface area contributed by atoms with Crippen molar-refractivity contribution < 1.29 is 9.53 Å². The topological polar surface area (TPSA) is 31.2 Å². The van der Waals surface area contributed by atoms with E-state index in [0.29, 0.717) is 5.56 Å². The predicted octanol–water partition coefficient (Wildman–Crippen LogP) is 5.22. The molecule has 1 aliphatic heterocycles. The third-order valence-electron chi connectivity index (χ3n) is 5.47. The molecule has 0 fully saturated rings. The van der Waals surface area contributed by atoms with Gasteiger partial charge in [-0.25, -0.2) is 4.79 Å². The molecule has 0 bridgehead atoms. The molecule has 2 heterocycles. The second-order valence-electron chi connectivity index (χ2n) is 6.96. The summed E-state index contributed by atoms with van der Waals surface area (Å²) in [6.07, 6.45) is -0.350. The maximum atomic E-state index is 13.0. The molecule has 0 radical (unpaired) electrons. The van der Waals surface area contributed by atoms with Crippen molar-refractivity contribution in [2.24, 2.45) is 7.05 Å². The second-order valence-corrected chi connectivity index (χ2v) is 6.96. The highest BCUT2D eigenvalue weighted by molar-refractivity contribution is 6.07. The summed E-state index contributed by atoms with van der Waals surface area (Å²) >= 11 is 0. The number of carbonyl (C=O) groups excluding carboxylic acids is 1. The molecule has 3 heteroatoms. The Morgan fingerprint density at radius 1 is 0.778 bits per heavy atom. The number of cyclic esters (lactones) is 1. The van der Waals surface area contributed by atoms with Crippen molar-refractivity contribution in [3.05, 3.63) is 107 Å². The molecule has 2 atom stereocenters. The van der Waals surface area contributed by atoms with Gasteiger partial charge >= 0.3 is 5.97 Å². The van der Waals surface area contributed by atoms with Crippen LogP contribution in [0.5, 0.6) is 0 Å². The van der Waals surface area contributed by atoms with E-state index in [0.717, 1.165) is 27.7 Å². The molecule has 1 aliphatic rings. The van der Waals surface area contributed by atoms with E-state index in [1.54, 1.807) is 0 Å². The Hall–Kier alpha value is -3.33. The van der Waals surface area contributed by atoms with E-state index in [-0.39, 0.29) is 18.0 Å². The zero-order valence-corrected chi connectivity index (χ0v) is 15.0. The number of aryl methyl sites for hydroxylation is 1. The summed E-state index contributed by atoms with van der Waals surface area (Å²) < 4.78 is 8.19. The number of nitrogens with zero attached hydrogens (tertiary/aromatic N) is 1. The zero-order chi connectivity index (χ0) is 18.4. The van der Waals surface area contributed by atoms with Gasteiger partial charge in [-0.3, -0.25) is 0 Å². The molecule has 0 spiro atoms. The van der Waals surface area contributed by atoms with Crippen LogP contribution in [0, 0.1) is 0 Å². The first kappa shape index (κ1) is 15.9. The number of carbonyl (C=O) groups is 1. The largest absolute Gasteiger partial charge is 0.453 e. The standard InChI is InChI=1S/C24H19NO2/c1-25-19-15-9-8-14-18(19)21-22(25)20(16-10-4-2-5-11-16)23(27-24(21)26)17-12-6-3-7-13-17/h2-15,20,23H,1H3. The van der Waals surface area contributed by atoms with Crippen LogP contribution < -0.4 is 0 Å². The Morgan fingerprint density at radius 3 is 2.07 bits per heavy atom. The van der Waals surface area contributed by atoms with Crippen molar-refractivity contribution >= 4 is 16.9 Å². The summed E-state index contributed by atoms with van der Waals surface area (Å²) in [7, 11) is 2.04. The number of para-hydroxylation sites is 1. The lowest BCUT2D eigenvalue weighted by atomic mass is 9.82. The molecule has 0 saturated carbocycles. The van der Waals surface area contributed by atoms with Gasteiger partial charge in [-0.05, 0) is 17.2 Å². The smallest absolute Gasteiger partial charge is 0.341 e. The Morgan fingerprint density at radius 2 is 1.37 bits per heavy atom. The molecular formula is C24H19NO2. The number of fused-ring (bicyclic) bond motifs is 3. The summed E-state index contributed by atoms with van der Waals surface area (Å²) in [5.41, 5.74) is 4.91. The molecule has 3 aromatic carbocycles. The highest BCUT2D eigenvalue weighted by Gasteiger charge is 2.41. The van der Waals surface area contributed by atoms with E-state index < -0.39 is 0 Å². The average Bonchev–Trinajstić information content (AvgIpc) is 3.03. The van der Waals surface area contributed by atoms with Crippen molar-refractivity contribution in [3.63, 3.8) is 0 Å². The molecule has 0 aliphatic carbocycles. The minimum Gasteiger partial charge on any atom is -0.453 e. The predicted molar refractivity (Wildman–Crippen MR) is 106 cm³/mol. The Labute approximate surface area is 157 Å². The number of ether oxygens (including phenoxy) is 1. The van der Waals surface area contributed by atoms with Crippen LogP contribution in [0.2, 0.25) is 0 Å². The van der Waals surface area contributed by atoms with E-state index in [2.05, 4.69) is 22.8 Å². The summed E-state index contributed by atoms with van der Waals surface area (Å²) in [4.78, 5) is 13.0. The minimum atomic E-state index is -0.350. The van der Waals surface area contributed by atoms with Gasteiger partial charge in [0.2, 0.25) is 0 Å². The third kappa shape index (κ3) is 2.39. The van der Waals surface area contributed by atoms with Crippen LogP contribution in [0.4, 0.5) is 0 Å². The van der Waals surface area contributed by atoms with E-state index in [4.69, 9.17) is 4.74 Å². The van der Waals surface area contributed by atoms with Crippen molar-refractivity contribution in [1.29, 1.82) is 0 Å². The molecule has 0 N–H and O–H groups in total. The van der Waals surface area contributed by atoms with Gasteiger partial charge in [-0.15, -0.1) is 0 Å². The summed E-state index contributed by atoms with van der Waals surface area (Å²) in [6, 6.07) is 28.4. The van der Waals surface area contributed by atoms with Gasteiger partial charge in [0.05, 0.1) is 11.5 Å². The lowest BCUT2D eigenvalue weighted by Gasteiger charge is -2.33. The molecule has 5 rings (SSSR count). The first-order valence-corrected chi connectivity index (χ1v) is 9.14. The van der Waals surface area contributed by atoms with Gasteiger partial charge in [0.25, 0.3) is 0 Å². The van der Waals surface area contributed by atoms with Gasteiger partial charge < -0.3 is 9.30 Å². The van der Waals surface area contributed by atoms with Gasteiger partial charge in [-0.1, -0.05) is 78.9 Å². The van der Waals surface area contributed by atoms with E-state index >= 15 is 0 Å². The molecule has 4 aromatic rings. The van der Waals surface area contributed by atoms with Crippen LogP contribution >= 0.6 is 0 Å². The van der Waals surface area contributed by atoms with Crippen molar-refractivity contribution in [1.82, 2.24) is 4.57 Å². The van der Waals surface area contributed by atoms with Crippen molar-refractivity contribution in [3.8, 4) is 0 Å². The van der Waals surface area contributed by atoms with Crippen LogP contribution in [-0.4, -0.2) is 10.5 Å². The maximum absolute atomic E-state index is 13.0. The number of rotatable bonds is 2. The SMILES string of the molecule is Cn1c2c(c3ccccc31)C(=O)OC(c1ccccc1)C2c1ccccc1. The Kier molecular flexibility index (Phi) is 3.61. The number of hydrogen-bond donors (Lipinski definition) is 0. The normalized spacial score (nSPS) is 18.9. The van der Waals surface area contributed by atoms with Crippen LogP contribution in [-0.2, 0) is 11.8 Å². The maximum Gasteiger partial charge on any atom is 0.341 e. The molecule has 3 nitrogen and oxygen atoms in total. The number of benzene rings is 3. The highest BCUT2D eigenvalue weighted by Crippen LogP contribution is 2.47. The third-order valence-corrected chi connectivity index (χ3v) is 5.47. The summed E-state index contributed by atoms with van der Waals surface area (Å²) in [5, 5.41) is 0.951. The quantitative estimate of drug-likeness (QED) is 0.463. The first-order valence-electron chi connectivity index (χ1n) is 9.14. The summed E-state index contributed by atoms with van der Waals surface area (Å²) in [6.45, 7) is 0. The highest BCUT2D eigenvalue weighted by atomic mass is 16.5. The monoisotopic (exact) mass is 353 g/mol. The lowest BCUT2D eigenvalue weighted by Crippen LogP contribution is -2.28. The van der Waals surface area contributed by atoms with Gasteiger partial charge in [-0.2, -0.15) is 0 Å². The molecular weight excluding hydrogens is 334 g/mol. The van der Waals surface area contributed by atoms with Crippen LogP contribution in [0.25, 0.3) is 10.9 Å². The second kappa shape index (κ2) is 6.13. The fourth-order valence-corrected chi connectivity index (χ4v) is 4.27. The number of hydrogen-bond acceptors (Lipinski definition) is 2. The van der Waals surface area contributed by atoms with E-state index in [1.807, 2.05) is 73.8 Å².